The van der Waals surface area contributed by atoms with Crippen molar-refractivity contribution in [3.8, 4) is 5.75 Å². The van der Waals surface area contributed by atoms with Gasteiger partial charge in [-0.05, 0) is 17.7 Å². The van der Waals surface area contributed by atoms with Gasteiger partial charge in [-0.15, -0.1) is 0 Å². The molecule has 0 radical (unpaired) electrons. The zero-order chi connectivity index (χ0) is 14.6. The van der Waals surface area contributed by atoms with E-state index >= 15 is 0 Å². The predicted octanol–water partition coefficient (Wildman–Crippen LogP) is 2.62. The van der Waals surface area contributed by atoms with Crippen LogP contribution in [0, 0.1) is 0 Å². The molecule has 2 rings (SSSR count). The molecule has 0 unspecified atom stereocenters. The van der Waals surface area contributed by atoms with Gasteiger partial charge < -0.3 is 9.92 Å². The van der Waals surface area contributed by atoms with Gasteiger partial charge in [0.15, 0.2) is 5.75 Å². The number of nitrogens with two attached hydrogens (primary N) is 1. The van der Waals surface area contributed by atoms with Crippen LogP contribution in [0.15, 0.2) is 48.5 Å². The van der Waals surface area contributed by atoms with E-state index in [4.69, 9.17) is 10.3 Å². The molecule has 0 aliphatic heterocycles. The second-order valence-corrected chi connectivity index (χ2v) is 5.07. The Hall–Kier alpha value is -2.31. The van der Waals surface area contributed by atoms with Crippen LogP contribution in [0.1, 0.15) is 11.1 Å². The molecule has 2 aromatic carbocycles. The van der Waals surface area contributed by atoms with Crippen molar-refractivity contribution >= 4 is 28.2 Å². The Kier molecular flexibility index (Phi) is 4.07. The van der Waals surface area contributed by atoms with Crippen LogP contribution in [0.3, 0.4) is 0 Å². The second kappa shape index (κ2) is 5.77. The number of hydrogen-bond acceptors (Lipinski definition) is 4. The maximum Gasteiger partial charge on any atom is 0.446 e. The molecule has 5 nitrogen and oxygen atoms in total. The van der Waals surface area contributed by atoms with Crippen molar-refractivity contribution in [1.29, 1.82) is 0 Å². The van der Waals surface area contributed by atoms with Gasteiger partial charge in [0.05, 0.1) is 0 Å². The highest BCUT2D eigenvalue weighted by molar-refractivity contribution is 7.81. The first-order valence-corrected chi connectivity index (χ1v) is 7.10. The lowest BCUT2D eigenvalue weighted by Crippen LogP contribution is -2.07. The topological polar surface area (TPSA) is 89.6 Å². The third-order valence-corrected chi connectivity index (χ3v) is 2.88. The van der Waals surface area contributed by atoms with Gasteiger partial charge in [0.25, 0.3) is 0 Å². The molecule has 0 atom stereocenters. The third-order valence-electron chi connectivity index (χ3n) is 2.49. The summed E-state index contributed by atoms with van der Waals surface area (Å²) in [7, 11) is -4.59. The van der Waals surface area contributed by atoms with Gasteiger partial charge in [0.2, 0.25) is 0 Å². The highest BCUT2D eigenvalue weighted by Crippen LogP contribution is 2.25. The lowest BCUT2D eigenvalue weighted by atomic mass is 10.1. The number of benzene rings is 2. The van der Waals surface area contributed by atoms with Gasteiger partial charge in [0.1, 0.15) is 0 Å². The van der Waals surface area contributed by atoms with E-state index in [-0.39, 0.29) is 5.75 Å². The molecular weight excluding hydrogens is 278 g/mol. The minimum absolute atomic E-state index is 0.0281. The summed E-state index contributed by atoms with van der Waals surface area (Å²) in [5, 5.41) is 0. The normalized spacial score (nSPS) is 11.7. The van der Waals surface area contributed by atoms with E-state index < -0.39 is 10.4 Å². The minimum atomic E-state index is -4.59. The maximum atomic E-state index is 10.8. The van der Waals surface area contributed by atoms with Crippen molar-refractivity contribution in [3.05, 3.63) is 59.7 Å². The zero-order valence-electron chi connectivity index (χ0n) is 10.4. The van der Waals surface area contributed by atoms with E-state index in [9.17, 15) is 8.42 Å². The average molecular weight is 291 g/mol. The van der Waals surface area contributed by atoms with E-state index in [1.807, 2.05) is 30.3 Å². The Labute approximate surface area is 117 Å². The number of anilines is 1. The fourth-order valence-electron chi connectivity index (χ4n) is 1.62. The predicted molar refractivity (Wildman–Crippen MR) is 78.4 cm³/mol. The molecule has 0 heterocycles. The first-order chi connectivity index (χ1) is 9.44. The Morgan fingerprint density at radius 1 is 1.05 bits per heavy atom. The van der Waals surface area contributed by atoms with Crippen molar-refractivity contribution < 1.29 is 17.2 Å². The molecule has 0 saturated heterocycles. The highest BCUT2D eigenvalue weighted by Gasteiger charge is 2.10. The van der Waals surface area contributed by atoms with E-state index in [1.165, 1.54) is 6.07 Å². The van der Waals surface area contributed by atoms with Gasteiger partial charge in [-0.1, -0.05) is 42.5 Å². The third kappa shape index (κ3) is 4.11. The first-order valence-electron chi connectivity index (χ1n) is 5.73. The van der Waals surface area contributed by atoms with Crippen LogP contribution in [-0.4, -0.2) is 13.0 Å². The van der Waals surface area contributed by atoms with Gasteiger partial charge >= 0.3 is 10.4 Å². The highest BCUT2D eigenvalue weighted by atomic mass is 32.3. The Balaban J connectivity index is 2.34. The fourth-order valence-corrected chi connectivity index (χ4v) is 2.00. The zero-order valence-corrected chi connectivity index (χ0v) is 11.2. The summed E-state index contributed by atoms with van der Waals surface area (Å²) in [4.78, 5) is 0. The van der Waals surface area contributed by atoms with E-state index in [2.05, 4.69) is 4.18 Å². The lowest BCUT2D eigenvalue weighted by Gasteiger charge is -2.06. The smallest absolute Gasteiger partial charge is 0.399 e. The van der Waals surface area contributed by atoms with Crippen molar-refractivity contribution in [2.75, 3.05) is 5.73 Å². The van der Waals surface area contributed by atoms with Crippen LogP contribution < -0.4 is 9.92 Å². The van der Waals surface area contributed by atoms with Gasteiger partial charge in [-0.3, -0.25) is 4.55 Å². The standard InChI is InChI=1S/C14H13NO4S/c15-13-9-8-12(14(10-13)19-20(16,17)18)7-6-11-4-2-1-3-5-11/h1-10H,15H2,(H,16,17,18)/b7-6-. The Morgan fingerprint density at radius 3 is 2.40 bits per heavy atom. The second-order valence-electron chi connectivity index (χ2n) is 4.05. The number of nitrogen functional groups attached to an aromatic ring is 1. The van der Waals surface area contributed by atoms with Gasteiger partial charge in [0, 0.05) is 17.3 Å². The van der Waals surface area contributed by atoms with Crippen LogP contribution >= 0.6 is 0 Å². The first kappa shape index (κ1) is 14.1. The van der Waals surface area contributed by atoms with Crippen LogP contribution in [0.4, 0.5) is 5.69 Å². The molecule has 20 heavy (non-hydrogen) atoms. The summed E-state index contributed by atoms with van der Waals surface area (Å²) in [6.45, 7) is 0. The largest absolute Gasteiger partial charge is 0.446 e. The Morgan fingerprint density at radius 2 is 1.75 bits per heavy atom. The SMILES string of the molecule is Nc1ccc(/C=C\c2ccccc2)c(OS(=O)(=O)O)c1. The van der Waals surface area contributed by atoms with Crippen molar-refractivity contribution in [2.24, 2.45) is 0 Å². The molecule has 0 bridgehead atoms. The molecule has 0 saturated carbocycles. The lowest BCUT2D eigenvalue weighted by molar-refractivity contribution is 0.386. The monoisotopic (exact) mass is 291 g/mol. The molecule has 0 fully saturated rings. The molecule has 0 spiro atoms. The van der Waals surface area contributed by atoms with Gasteiger partial charge in [-0.25, -0.2) is 0 Å². The fraction of sp³-hybridized carbons (Fsp3) is 0. The van der Waals surface area contributed by atoms with Crippen LogP contribution in [0.2, 0.25) is 0 Å². The summed E-state index contributed by atoms with van der Waals surface area (Å²) < 4.78 is 34.9. The Bertz CT molecular complexity index is 724. The summed E-state index contributed by atoms with van der Waals surface area (Å²) in [5.41, 5.74) is 7.34. The van der Waals surface area contributed by atoms with Crippen LogP contribution in [0.5, 0.6) is 5.75 Å². The molecule has 3 N–H and O–H groups in total. The molecule has 2 aromatic rings. The molecular formula is C14H13NO4S. The van der Waals surface area contributed by atoms with Crippen LogP contribution in [0.25, 0.3) is 12.2 Å². The quantitative estimate of drug-likeness (QED) is 0.513. The molecule has 6 heteroatoms. The van der Waals surface area contributed by atoms with E-state index in [0.29, 0.717) is 11.3 Å². The molecule has 104 valence electrons. The summed E-state index contributed by atoms with van der Waals surface area (Å²) >= 11 is 0. The van der Waals surface area contributed by atoms with Crippen molar-refractivity contribution in [3.63, 3.8) is 0 Å². The van der Waals surface area contributed by atoms with Crippen molar-refractivity contribution in [1.82, 2.24) is 0 Å². The number of rotatable bonds is 4. The summed E-state index contributed by atoms with van der Waals surface area (Å²) in [6, 6.07) is 14.0. The van der Waals surface area contributed by atoms with E-state index in [1.54, 1.807) is 24.3 Å². The molecule has 0 amide bonds. The summed E-state index contributed by atoms with van der Waals surface area (Å²) in [6.07, 6.45) is 3.47. The average Bonchev–Trinajstić information content (AvgIpc) is 2.37. The van der Waals surface area contributed by atoms with Crippen LogP contribution in [-0.2, 0) is 10.4 Å². The molecule has 0 aliphatic carbocycles. The van der Waals surface area contributed by atoms with Crippen molar-refractivity contribution in [2.45, 2.75) is 0 Å². The maximum absolute atomic E-state index is 10.8. The number of hydrogen-bond donors (Lipinski definition) is 2. The van der Waals surface area contributed by atoms with E-state index in [0.717, 1.165) is 5.56 Å². The minimum Gasteiger partial charge on any atom is -0.399 e. The summed E-state index contributed by atoms with van der Waals surface area (Å²) in [5.74, 6) is -0.0281. The van der Waals surface area contributed by atoms with Gasteiger partial charge in [-0.2, -0.15) is 8.42 Å². The molecule has 0 aliphatic rings. The molecule has 0 aromatic heterocycles.